The average Bonchev–Trinajstić information content (AvgIpc) is 3.65. The first-order valence-electron chi connectivity index (χ1n) is 14.8. The Morgan fingerprint density at radius 3 is 2.33 bits per heavy atom. The molecule has 0 saturated carbocycles. The SMILES string of the molecule is O=C(Cc1nc2cnc3c(ccn3S(=O)(=O)c3ccccc3)c2n1C1CCN(Cc2ccccc2)CC1)N1CCOCC1. The topological polar surface area (TPSA) is 103 Å². The number of piperidine rings is 1. The summed E-state index contributed by atoms with van der Waals surface area (Å²) < 4.78 is 36.1. The van der Waals surface area contributed by atoms with Crippen molar-refractivity contribution >= 4 is 38.0 Å². The van der Waals surface area contributed by atoms with Crippen molar-refractivity contribution in [1.29, 1.82) is 0 Å². The quantitative estimate of drug-likeness (QED) is 0.280. The van der Waals surface area contributed by atoms with Crippen LogP contribution in [-0.4, -0.2) is 82.0 Å². The number of rotatable bonds is 7. The van der Waals surface area contributed by atoms with Gasteiger partial charge in [-0.05, 0) is 36.6 Å². The Morgan fingerprint density at radius 1 is 0.907 bits per heavy atom. The summed E-state index contributed by atoms with van der Waals surface area (Å²) >= 11 is 0. The van der Waals surface area contributed by atoms with Crippen molar-refractivity contribution in [3.8, 4) is 0 Å². The highest BCUT2D eigenvalue weighted by atomic mass is 32.2. The van der Waals surface area contributed by atoms with Crippen LogP contribution in [0.5, 0.6) is 0 Å². The maximum absolute atomic E-state index is 13.6. The summed E-state index contributed by atoms with van der Waals surface area (Å²) in [4.78, 5) is 27.4. The zero-order chi connectivity index (χ0) is 29.4. The van der Waals surface area contributed by atoms with Gasteiger partial charge in [-0.3, -0.25) is 9.69 Å². The van der Waals surface area contributed by atoms with Crippen LogP contribution in [0.3, 0.4) is 0 Å². The van der Waals surface area contributed by atoms with Crippen molar-refractivity contribution in [2.75, 3.05) is 39.4 Å². The Hall–Kier alpha value is -4.06. The molecule has 2 aromatic carbocycles. The van der Waals surface area contributed by atoms with Gasteiger partial charge in [0.15, 0.2) is 5.65 Å². The number of carbonyl (C=O) groups is 1. The number of likely N-dealkylation sites (tertiary alicyclic amines) is 1. The highest BCUT2D eigenvalue weighted by Crippen LogP contribution is 2.34. The molecule has 43 heavy (non-hydrogen) atoms. The van der Waals surface area contributed by atoms with Crippen molar-refractivity contribution < 1.29 is 17.9 Å². The van der Waals surface area contributed by atoms with Crippen LogP contribution >= 0.6 is 0 Å². The first kappa shape index (κ1) is 27.8. The third-order valence-electron chi connectivity index (χ3n) is 8.55. The van der Waals surface area contributed by atoms with Crippen LogP contribution in [-0.2, 0) is 32.5 Å². The van der Waals surface area contributed by atoms with Gasteiger partial charge in [0.2, 0.25) is 5.91 Å². The van der Waals surface area contributed by atoms with E-state index in [9.17, 15) is 13.2 Å². The van der Waals surface area contributed by atoms with Crippen LogP contribution in [0.25, 0.3) is 22.1 Å². The van der Waals surface area contributed by atoms with E-state index >= 15 is 0 Å². The van der Waals surface area contributed by atoms with E-state index in [0.29, 0.717) is 48.7 Å². The molecular formula is C32H34N6O4S. The standard InChI is InChI=1S/C32H34N6O4S/c39-30(36-17-19-42-20-18-36)21-29-34-28-22-33-32-27(13-16-37(32)43(40,41)26-9-5-2-6-10-26)31(28)38(29)25-11-14-35(15-12-25)23-24-7-3-1-4-8-24/h1-10,13,16,22,25H,11-12,14-15,17-21,23H2. The predicted molar refractivity (Wildman–Crippen MR) is 163 cm³/mol. The minimum atomic E-state index is -3.85. The molecule has 2 aliphatic heterocycles. The van der Waals surface area contributed by atoms with Crippen molar-refractivity contribution in [3.05, 3.63) is 90.5 Å². The summed E-state index contributed by atoms with van der Waals surface area (Å²) in [6.07, 6.45) is 5.16. The Bertz CT molecular complexity index is 1860. The van der Waals surface area contributed by atoms with Gasteiger partial charge >= 0.3 is 0 Å². The molecule has 0 spiro atoms. The average molecular weight is 599 g/mol. The third-order valence-corrected chi connectivity index (χ3v) is 10.2. The highest BCUT2D eigenvalue weighted by Gasteiger charge is 2.29. The monoisotopic (exact) mass is 598 g/mol. The lowest BCUT2D eigenvalue weighted by atomic mass is 10.0. The number of hydrogen-bond acceptors (Lipinski definition) is 7. The van der Waals surface area contributed by atoms with Gasteiger partial charge in [-0.25, -0.2) is 22.4 Å². The van der Waals surface area contributed by atoms with E-state index in [-0.39, 0.29) is 23.3 Å². The fourth-order valence-corrected chi connectivity index (χ4v) is 7.67. The summed E-state index contributed by atoms with van der Waals surface area (Å²) in [5.74, 6) is 0.718. The highest BCUT2D eigenvalue weighted by molar-refractivity contribution is 7.90. The summed E-state index contributed by atoms with van der Waals surface area (Å²) in [6, 6.07) is 20.8. The first-order chi connectivity index (χ1) is 21.0. The van der Waals surface area contributed by atoms with Crippen LogP contribution in [0.4, 0.5) is 0 Å². The van der Waals surface area contributed by atoms with Crippen molar-refractivity contribution in [2.45, 2.75) is 36.7 Å². The summed E-state index contributed by atoms with van der Waals surface area (Å²) in [5, 5.41) is 0.710. The molecule has 0 bridgehead atoms. The fourth-order valence-electron chi connectivity index (χ4n) is 6.35. The molecule has 10 nitrogen and oxygen atoms in total. The molecule has 222 valence electrons. The number of imidazole rings is 1. The summed E-state index contributed by atoms with van der Waals surface area (Å²) in [6.45, 7) is 4.94. The van der Waals surface area contributed by atoms with Crippen LogP contribution in [0.15, 0.2) is 84.0 Å². The van der Waals surface area contributed by atoms with Crippen LogP contribution in [0.2, 0.25) is 0 Å². The van der Waals surface area contributed by atoms with E-state index in [1.54, 1.807) is 48.8 Å². The molecule has 2 saturated heterocycles. The number of carbonyl (C=O) groups excluding carboxylic acids is 1. The maximum atomic E-state index is 13.6. The van der Waals surface area contributed by atoms with Gasteiger partial charge in [-0.2, -0.15) is 0 Å². The van der Waals surface area contributed by atoms with Gasteiger partial charge < -0.3 is 14.2 Å². The predicted octanol–water partition coefficient (Wildman–Crippen LogP) is 3.86. The molecule has 2 aliphatic rings. The second-order valence-corrected chi connectivity index (χ2v) is 13.0. The molecular weight excluding hydrogens is 564 g/mol. The first-order valence-corrected chi connectivity index (χ1v) is 16.2. The molecule has 1 amide bonds. The van der Waals surface area contributed by atoms with Gasteiger partial charge in [-0.1, -0.05) is 48.5 Å². The smallest absolute Gasteiger partial charge is 0.269 e. The minimum Gasteiger partial charge on any atom is -0.378 e. The molecule has 0 unspecified atom stereocenters. The van der Waals surface area contributed by atoms with Crippen molar-refractivity contribution in [1.82, 2.24) is 28.3 Å². The van der Waals surface area contributed by atoms with E-state index in [2.05, 4.69) is 38.7 Å². The third kappa shape index (κ3) is 5.32. The Balaban J connectivity index is 1.27. The van der Waals surface area contributed by atoms with E-state index in [1.807, 2.05) is 11.0 Å². The Labute approximate surface area is 250 Å². The number of fused-ring (bicyclic) bond motifs is 3. The van der Waals surface area contributed by atoms with Gasteiger partial charge in [0, 0.05) is 50.3 Å². The van der Waals surface area contributed by atoms with E-state index in [1.165, 1.54) is 9.54 Å². The summed E-state index contributed by atoms with van der Waals surface area (Å²) in [5.41, 5.74) is 3.14. The van der Waals surface area contributed by atoms with Crippen LogP contribution < -0.4 is 0 Å². The van der Waals surface area contributed by atoms with Gasteiger partial charge in [0.1, 0.15) is 11.3 Å². The minimum absolute atomic E-state index is 0.0230. The maximum Gasteiger partial charge on any atom is 0.269 e. The molecule has 0 N–H and O–H groups in total. The van der Waals surface area contributed by atoms with E-state index in [4.69, 9.17) is 9.72 Å². The number of hydrogen-bond donors (Lipinski definition) is 0. The second-order valence-electron chi connectivity index (χ2n) is 11.2. The van der Waals surface area contributed by atoms with Gasteiger partial charge in [-0.15, -0.1) is 0 Å². The molecule has 5 heterocycles. The Kier molecular flexibility index (Phi) is 7.46. The van der Waals surface area contributed by atoms with E-state index < -0.39 is 10.0 Å². The lowest BCUT2D eigenvalue weighted by Gasteiger charge is -2.34. The fraction of sp³-hybridized carbons (Fsp3) is 0.344. The zero-order valence-corrected chi connectivity index (χ0v) is 24.7. The number of amides is 1. The normalized spacial score (nSPS) is 17.2. The number of morpholine rings is 1. The Morgan fingerprint density at radius 2 is 1.60 bits per heavy atom. The molecule has 0 radical (unpaired) electrons. The molecule has 11 heteroatoms. The largest absolute Gasteiger partial charge is 0.378 e. The number of benzene rings is 2. The molecule has 2 fully saturated rings. The number of nitrogens with zero attached hydrogens (tertiary/aromatic N) is 6. The van der Waals surface area contributed by atoms with Crippen molar-refractivity contribution in [2.24, 2.45) is 0 Å². The lowest BCUT2D eigenvalue weighted by molar-refractivity contribution is -0.134. The summed E-state index contributed by atoms with van der Waals surface area (Å²) in [7, 11) is -3.85. The molecule has 7 rings (SSSR count). The van der Waals surface area contributed by atoms with Crippen LogP contribution in [0, 0.1) is 0 Å². The van der Waals surface area contributed by atoms with E-state index in [0.717, 1.165) is 38.0 Å². The lowest BCUT2D eigenvalue weighted by Crippen LogP contribution is -2.42. The number of ether oxygens (including phenoxy) is 1. The molecule has 3 aromatic heterocycles. The van der Waals surface area contributed by atoms with Gasteiger partial charge in [0.25, 0.3) is 10.0 Å². The molecule has 0 aliphatic carbocycles. The van der Waals surface area contributed by atoms with Crippen molar-refractivity contribution in [3.63, 3.8) is 0 Å². The number of aromatic nitrogens is 4. The second kappa shape index (κ2) is 11.6. The van der Waals surface area contributed by atoms with Crippen LogP contribution in [0.1, 0.15) is 30.3 Å². The number of pyridine rings is 1. The molecule has 0 atom stereocenters. The van der Waals surface area contributed by atoms with Gasteiger partial charge in [0.05, 0.1) is 36.2 Å². The molecule has 5 aromatic rings. The zero-order valence-electron chi connectivity index (χ0n) is 23.9.